The first-order valence-electron chi connectivity index (χ1n) is 7.80. The quantitative estimate of drug-likeness (QED) is 0.364. The monoisotopic (exact) mass is 431 g/mol. The van der Waals surface area contributed by atoms with Crippen LogP contribution in [-0.2, 0) is 9.53 Å². The Labute approximate surface area is 161 Å². The van der Waals surface area contributed by atoms with Gasteiger partial charge in [-0.2, -0.15) is 0 Å². The zero-order valence-electron chi connectivity index (χ0n) is 14.1. The third kappa shape index (κ3) is 3.82. The number of aromatic nitrogens is 1. The number of methoxy groups -OCH3 is 1. The number of nitro groups is 1. The number of H-pyrrole nitrogens is 1. The Balaban J connectivity index is 1.95. The normalized spacial score (nSPS) is 11.8. The molecule has 1 heterocycles. The van der Waals surface area contributed by atoms with Crippen molar-refractivity contribution in [3.05, 3.63) is 74.4 Å². The van der Waals surface area contributed by atoms with E-state index in [0.717, 1.165) is 4.47 Å². The van der Waals surface area contributed by atoms with Gasteiger partial charge < -0.3 is 15.0 Å². The zero-order valence-corrected chi connectivity index (χ0v) is 15.6. The maximum atomic E-state index is 12.8. The summed E-state index contributed by atoms with van der Waals surface area (Å²) in [6.07, 6.45) is 1.44. The van der Waals surface area contributed by atoms with E-state index in [1.54, 1.807) is 24.3 Å². The highest BCUT2D eigenvalue weighted by atomic mass is 79.9. The third-order valence-electron chi connectivity index (χ3n) is 4.04. The van der Waals surface area contributed by atoms with Gasteiger partial charge in [0.25, 0.3) is 11.6 Å². The van der Waals surface area contributed by atoms with E-state index in [9.17, 15) is 19.7 Å². The zero-order chi connectivity index (χ0) is 19.6. The first-order valence-corrected chi connectivity index (χ1v) is 8.59. The molecule has 1 atom stereocenters. The first-order chi connectivity index (χ1) is 12.9. The highest BCUT2D eigenvalue weighted by molar-refractivity contribution is 9.10. The summed E-state index contributed by atoms with van der Waals surface area (Å²) in [4.78, 5) is 38.3. The summed E-state index contributed by atoms with van der Waals surface area (Å²) >= 11 is 3.31. The first kappa shape index (κ1) is 18.6. The van der Waals surface area contributed by atoms with Gasteiger partial charge in [0.05, 0.1) is 17.6 Å². The third-order valence-corrected chi connectivity index (χ3v) is 4.57. The summed E-state index contributed by atoms with van der Waals surface area (Å²) in [5.74, 6) is -1.18. The van der Waals surface area contributed by atoms with Crippen molar-refractivity contribution in [1.82, 2.24) is 10.3 Å². The predicted octanol–water partition coefficient (Wildman–Crippen LogP) is 3.48. The molecule has 3 aromatic rings. The van der Waals surface area contributed by atoms with E-state index in [1.165, 1.54) is 31.5 Å². The number of fused-ring (bicyclic) bond motifs is 1. The number of carbonyl (C=O) groups is 2. The van der Waals surface area contributed by atoms with Crippen molar-refractivity contribution in [1.29, 1.82) is 0 Å². The summed E-state index contributed by atoms with van der Waals surface area (Å²) in [7, 11) is 1.23. The molecule has 8 nitrogen and oxygen atoms in total. The molecule has 0 bridgehead atoms. The number of halogens is 1. The van der Waals surface area contributed by atoms with E-state index < -0.39 is 22.8 Å². The Morgan fingerprint density at radius 1 is 1.22 bits per heavy atom. The molecule has 0 aliphatic rings. The maximum absolute atomic E-state index is 12.8. The van der Waals surface area contributed by atoms with Gasteiger partial charge in [0.1, 0.15) is 0 Å². The lowest BCUT2D eigenvalue weighted by molar-refractivity contribution is -0.384. The van der Waals surface area contributed by atoms with Crippen molar-refractivity contribution < 1.29 is 19.2 Å². The van der Waals surface area contributed by atoms with E-state index in [2.05, 4.69) is 26.2 Å². The minimum absolute atomic E-state index is 0.131. The van der Waals surface area contributed by atoms with E-state index in [0.29, 0.717) is 16.5 Å². The molecule has 9 heteroatoms. The average molecular weight is 432 g/mol. The van der Waals surface area contributed by atoms with Crippen molar-refractivity contribution in [2.45, 2.75) is 6.04 Å². The van der Waals surface area contributed by atoms with E-state index in [4.69, 9.17) is 4.74 Å². The second-order valence-electron chi connectivity index (χ2n) is 5.67. The number of carbonyl (C=O) groups excluding carboxylic acids is 2. The van der Waals surface area contributed by atoms with Crippen molar-refractivity contribution >= 4 is 44.4 Å². The largest absolute Gasteiger partial charge is 0.467 e. The Morgan fingerprint density at radius 3 is 2.56 bits per heavy atom. The number of nitro benzene ring substituents is 1. The molecule has 0 saturated heterocycles. The molecule has 1 amide bonds. The van der Waals surface area contributed by atoms with Crippen LogP contribution in [0.4, 0.5) is 5.69 Å². The van der Waals surface area contributed by atoms with Gasteiger partial charge in [0, 0.05) is 33.7 Å². The molecule has 3 rings (SSSR count). The molecule has 2 N–H and O–H groups in total. The number of aromatic amines is 1. The van der Waals surface area contributed by atoms with E-state index in [1.807, 2.05) is 0 Å². The van der Waals surface area contributed by atoms with Gasteiger partial charge in [0.2, 0.25) is 0 Å². The number of nitrogens with one attached hydrogen (secondary N) is 2. The molecular weight excluding hydrogens is 418 g/mol. The Hall–Kier alpha value is -3.20. The molecular formula is C18H14BrN3O5. The lowest BCUT2D eigenvalue weighted by Gasteiger charge is -2.17. The lowest BCUT2D eigenvalue weighted by atomic mass is 10.1. The van der Waals surface area contributed by atoms with Crippen molar-refractivity contribution in [2.24, 2.45) is 0 Å². The fourth-order valence-corrected chi connectivity index (χ4v) is 2.93. The number of esters is 1. The number of non-ortho nitro benzene ring substituents is 1. The maximum Gasteiger partial charge on any atom is 0.333 e. The van der Waals surface area contributed by atoms with Crippen LogP contribution >= 0.6 is 15.9 Å². The van der Waals surface area contributed by atoms with Crippen LogP contribution in [0, 0.1) is 10.1 Å². The molecule has 138 valence electrons. The highest BCUT2D eigenvalue weighted by Crippen LogP contribution is 2.25. The van der Waals surface area contributed by atoms with Crippen LogP contribution in [0.5, 0.6) is 0 Å². The fraction of sp³-hybridized carbons (Fsp3) is 0.111. The SMILES string of the molecule is COC(=O)C(NC(=O)c1c[nH]c2ccc([N+](=O)[O-])cc12)c1ccc(Br)cc1. The molecule has 1 aromatic heterocycles. The average Bonchev–Trinajstić information content (AvgIpc) is 3.09. The summed E-state index contributed by atoms with van der Waals surface area (Å²) in [5.41, 5.74) is 1.18. The van der Waals surface area contributed by atoms with Crippen molar-refractivity contribution in [2.75, 3.05) is 7.11 Å². The van der Waals surface area contributed by atoms with Crippen LogP contribution in [0.2, 0.25) is 0 Å². The molecule has 0 aliphatic heterocycles. The highest BCUT2D eigenvalue weighted by Gasteiger charge is 2.25. The van der Waals surface area contributed by atoms with Gasteiger partial charge in [-0.25, -0.2) is 4.79 Å². The molecule has 0 radical (unpaired) electrons. The van der Waals surface area contributed by atoms with Crippen LogP contribution in [-0.4, -0.2) is 28.9 Å². The van der Waals surface area contributed by atoms with Gasteiger partial charge >= 0.3 is 5.97 Å². The second-order valence-corrected chi connectivity index (χ2v) is 6.59. The Bertz CT molecular complexity index is 1030. The Kier molecular flexibility index (Phi) is 5.22. The van der Waals surface area contributed by atoms with E-state index >= 15 is 0 Å². The number of hydrogen-bond acceptors (Lipinski definition) is 5. The smallest absolute Gasteiger partial charge is 0.333 e. The molecule has 0 fully saturated rings. The standard InChI is InChI=1S/C18H14BrN3O5/c1-27-18(24)16(10-2-4-11(19)5-3-10)21-17(23)14-9-20-15-7-6-12(22(25)26)8-13(14)15/h2-9,16,20H,1H3,(H,21,23). The molecule has 1 unspecified atom stereocenters. The summed E-state index contributed by atoms with van der Waals surface area (Å²) in [6.45, 7) is 0. The molecule has 0 spiro atoms. The fourth-order valence-electron chi connectivity index (χ4n) is 2.67. The van der Waals surface area contributed by atoms with Crippen LogP contribution in [0.25, 0.3) is 10.9 Å². The number of hydrogen-bond donors (Lipinski definition) is 2. The Morgan fingerprint density at radius 2 is 1.93 bits per heavy atom. The van der Waals surface area contributed by atoms with E-state index in [-0.39, 0.29) is 11.3 Å². The van der Waals surface area contributed by atoms with Crippen LogP contribution < -0.4 is 5.32 Å². The molecule has 27 heavy (non-hydrogen) atoms. The van der Waals surface area contributed by atoms with Crippen LogP contribution in [0.1, 0.15) is 22.0 Å². The number of rotatable bonds is 5. The summed E-state index contributed by atoms with van der Waals surface area (Å²) < 4.78 is 5.62. The number of nitrogens with zero attached hydrogens (tertiary/aromatic N) is 1. The summed E-state index contributed by atoms with van der Waals surface area (Å²) in [6, 6.07) is 10.0. The lowest BCUT2D eigenvalue weighted by Crippen LogP contribution is -2.34. The van der Waals surface area contributed by atoms with Gasteiger partial charge in [-0.3, -0.25) is 14.9 Å². The molecule has 0 saturated carbocycles. The van der Waals surface area contributed by atoms with Gasteiger partial charge in [-0.15, -0.1) is 0 Å². The second kappa shape index (κ2) is 7.58. The van der Waals surface area contributed by atoms with Gasteiger partial charge in [-0.1, -0.05) is 28.1 Å². The number of amides is 1. The summed E-state index contributed by atoms with van der Waals surface area (Å²) in [5, 5.41) is 14.0. The minimum Gasteiger partial charge on any atom is -0.467 e. The number of ether oxygens (including phenoxy) is 1. The van der Waals surface area contributed by atoms with Gasteiger partial charge in [0.15, 0.2) is 6.04 Å². The predicted molar refractivity (Wildman–Crippen MR) is 101 cm³/mol. The topological polar surface area (TPSA) is 114 Å². The minimum atomic E-state index is -1.01. The van der Waals surface area contributed by atoms with Gasteiger partial charge in [-0.05, 0) is 23.8 Å². The molecule has 2 aromatic carbocycles. The number of benzene rings is 2. The molecule has 0 aliphatic carbocycles. The van der Waals surface area contributed by atoms with Crippen molar-refractivity contribution in [3.8, 4) is 0 Å². The van der Waals surface area contributed by atoms with Crippen molar-refractivity contribution in [3.63, 3.8) is 0 Å². The van der Waals surface area contributed by atoms with Crippen LogP contribution in [0.3, 0.4) is 0 Å². The van der Waals surface area contributed by atoms with Crippen LogP contribution in [0.15, 0.2) is 53.1 Å².